The molecule has 1 atom stereocenters. The van der Waals surface area contributed by atoms with Gasteiger partial charge in [0.05, 0.1) is 10.6 Å². The van der Waals surface area contributed by atoms with Gasteiger partial charge in [-0.05, 0) is 42.3 Å². The minimum Gasteiger partial charge on any atom is -0.382 e. The molecule has 2 aliphatic rings. The number of nitrogens with zero attached hydrogens (tertiary/aromatic N) is 3. The van der Waals surface area contributed by atoms with Crippen molar-refractivity contribution < 1.29 is 22.4 Å². The summed E-state index contributed by atoms with van der Waals surface area (Å²) in [5.74, 6) is -0.626. The topological polar surface area (TPSA) is 79.3 Å². The standard InChI is InChI=1S/C20H20FN3O4S/c1-23(2)29(26,27)16-6-7-18-14(11-16)8-9-24(18)20(25)19-12-17(22-28-19)13-4-3-5-15(21)10-13/h3-7,10-11,19H,8-9,12H2,1-2H3. The summed E-state index contributed by atoms with van der Waals surface area (Å²) in [5, 5.41) is 3.96. The highest BCUT2D eigenvalue weighted by Gasteiger charge is 2.36. The zero-order valence-corrected chi connectivity index (χ0v) is 16.8. The third-order valence-corrected chi connectivity index (χ3v) is 6.90. The van der Waals surface area contributed by atoms with E-state index in [1.54, 1.807) is 29.2 Å². The lowest BCUT2D eigenvalue weighted by atomic mass is 10.0. The lowest BCUT2D eigenvalue weighted by Gasteiger charge is -2.20. The molecule has 4 rings (SSSR count). The number of anilines is 1. The van der Waals surface area contributed by atoms with E-state index in [1.807, 2.05) is 0 Å². The Morgan fingerprint density at radius 1 is 1.24 bits per heavy atom. The zero-order chi connectivity index (χ0) is 20.8. The van der Waals surface area contributed by atoms with E-state index in [-0.39, 0.29) is 23.0 Å². The van der Waals surface area contributed by atoms with Crippen molar-refractivity contribution in [3.63, 3.8) is 0 Å². The number of halogens is 1. The van der Waals surface area contributed by atoms with E-state index in [2.05, 4.69) is 5.16 Å². The zero-order valence-electron chi connectivity index (χ0n) is 16.0. The molecule has 2 heterocycles. The quantitative estimate of drug-likeness (QED) is 0.764. The maximum absolute atomic E-state index is 13.4. The molecule has 0 aromatic heterocycles. The molecule has 0 saturated carbocycles. The summed E-state index contributed by atoms with van der Waals surface area (Å²) in [4.78, 5) is 20.1. The highest BCUT2D eigenvalue weighted by molar-refractivity contribution is 7.89. The van der Waals surface area contributed by atoms with Crippen LogP contribution in [-0.4, -0.2) is 51.1 Å². The van der Waals surface area contributed by atoms with Gasteiger partial charge in [0.25, 0.3) is 5.91 Å². The second-order valence-electron chi connectivity index (χ2n) is 7.16. The van der Waals surface area contributed by atoms with E-state index in [4.69, 9.17) is 4.84 Å². The van der Waals surface area contributed by atoms with E-state index in [0.29, 0.717) is 29.9 Å². The summed E-state index contributed by atoms with van der Waals surface area (Å²) in [6.45, 7) is 0.439. The van der Waals surface area contributed by atoms with Crippen LogP contribution in [0.25, 0.3) is 0 Å². The number of benzene rings is 2. The summed E-state index contributed by atoms with van der Waals surface area (Å²) in [7, 11) is -0.581. The van der Waals surface area contributed by atoms with Crippen molar-refractivity contribution in [1.29, 1.82) is 0 Å². The van der Waals surface area contributed by atoms with Crippen LogP contribution in [0.3, 0.4) is 0 Å². The van der Waals surface area contributed by atoms with Gasteiger partial charge in [0.15, 0.2) is 0 Å². The number of rotatable bonds is 4. The highest BCUT2D eigenvalue weighted by atomic mass is 32.2. The monoisotopic (exact) mass is 417 g/mol. The maximum atomic E-state index is 13.4. The fraction of sp³-hybridized carbons (Fsp3) is 0.300. The predicted octanol–water partition coefficient (Wildman–Crippen LogP) is 2.16. The van der Waals surface area contributed by atoms with Gasteiger partial charge >= 0.3 is 0 Å². The number of carbonyl (C=O) groups is 1. The van der Waals surface area contributed by atoms with E-state index < -0.39 is 16.1 Å². The summed E-state index contributed by atoms with van der Waals surface area (Å²) in [6.07, 6.45) is 0.0213. The third-order valence-electron chi connectivity index (χ3n) is 5.09. The number of amides is 1. The number of carbonyl (C=O) groups excluding carboxylic acids is 1. The van der Waals surface area contributed by atoms with Crippen LogP contribution in [0.4, 0.5) is 10.1 Å². The number of oxime groups is 1. The average molecular weight is 417 g/mol. The van der Waals surface area contributed by atoms with Crippen molar-refractivity contribution >= 4 is 27.3 Å². The molecular weight excluding hydrogens is 397 g/mol. The van der Waals surface area contributed by atoms with Crippen molar-refractivity contribution in [1.82, 2.24) is 4.31 Å². The molecule has 1 amide bonds. The molecule has 7 nitrogen and oxygen atoms in total. The molecule has 0 spiro atoms. The van der Waals surface area contributed by atoms with Crippen LogP contribution < -0.4 is 4.90 Å². The van der Waals surface area contributed by atoms with Crippen LogP contribution in [0.5, 0.6) is 0 Å². The SMILES string of the molecule is CN(C)S(=O)(=O)c1ccc2c(c1)CCN2C(=O)C1CC(c2cccc(F)c2)=NO1. The third kappa shape index (κ3) is 3.51. The molecule has 0 radical (unpaired) electrons. The van der Waals surface area contributed by atoms with E-state index in [9.17, 15) is 17.6 Å². The minimum absolute atomic E-state index is 0.199. The predicted molar refractivity (Wildman–Crippen MR) is 106 cm³/mol. The van der Waals surface area contributed by atoms with Crippen molar-refractivity contribution in [2.45, 2.75) is 23.8 Å². The molecule has 29 heavy (non-hydrogen) atoms. The van der Waals surface area contributed by atoms with Crippen LogP contribution in [0.1, 0.15) is 17.5 Å². The normalized spacial score (nSPS) is 18.6. The smallest absolute Gasteiger partial charge is 0.271 e. The molecule has 2 aliphatic heterocycles. The van der Waals surface area contributed by atoms with Crippen LogP contribution >= 0.6 is 0 Å². The van der Waals surface area contributed by atoms with E-state index in [0.717, 1.165) is 9.87 Å². The van der Waals surface area contributed by atoms with Gasteiger partial charge in [0.1, 0.15) is 5.82 Å². The largest absolute Gasteiger partial charge is 0.382 e. The fourth-order valence-electron chi connectivity index (χ4n) is 3.50. The molecule has 0 fully saturated rings. The van der Waals surface area contributed by atoms with Gasteiger partial charge in [-0.3, -0.25) is 4.79 Å². The Balaban J connectivity index is 1.51. The molecule has 9 heteroatoms. The van der Waals surface area contributed by atoms with Gasteiger partial charge in [-0.2, -0.15) is 0 Å². The number of hydrogen-bond acceptors (Lipinski definition) is 5. The second-order valence-corrected chi connectivity index (χ2v) is 9.32. The number of sulfonamides is 1. The molecule has 0 saturated heterocycles. The Hall–Kier alpha value is -2.78. The molecular formula is C20H20FN3O4S. The fourth-order valence-corrected chi connectivity index (χ4v) is 4.45. The maximum Gasteiger partial charge on any atom is 0.271 e. The van der Waals surface area contributed by atoms with Crippen LogP contribution in [0.2, 0.25) is 0 Å². The van der Waals surface area contributed by atoms with Gasteiger partial charge in [0, 0.05) is 38.3 Å². The van der Waals surface area contributed by atoms with Gasteiger partial charge in [-0.25, -0.2) is 17.1 Å². The van der Waals surface area contributed by atoms with Gasteiger partial charge < -0.3 is 9.74 Å². The Morgan fingerprint density at radius 3 is 2.76 bits per heavy atom. The van der Waals surface area contributed by atoms with Gasteiger partial charge in [-0.15, -0.1) is 0 Å². The highest BCUT2D eigenvalue weighted by Crippen LogP contribution is 2.32. The number of hydrogen-bond donors (Lipinski definition) is 0. The molecule has 1 unspecified atom stereocenters. The molecule has 2 aromatic carbocycles. The van der Waals surface area contributed by atoms with Crippen LogP contribution in [0, 0.1) is 5.82 Å². The first-order valence-corrected chi connectivity index (χ1v) is 10.6. The van der Waals surface area contributed by atoms with E-state index >= 15 is 0 Å². The van der Waals surface area contributed by atoms with Crippen molar-refractivity contribution in [2.24, 2.45) is 5.16 Å². The Labute approximate surface area is 168 Å². The lowest BCUT2D eigenvalue weighted by molar-refractivity contribution is -0.128. The molecule has 0 N–H and O–H groups in total. The average Bonchev–Trinajstić information content (AvgIpc) is 3.34. The minimum atomic E-state index is -3.54. The Bertz CT molecular complexity index is 1110. The van der Waals surface area contributed by atoms with Gasteiger partial charge in [0.2, 0.25) is 16.1 Å². The Kier molecular flexibility index (Phi) is 4.87. The summed E-state index contributed by atoms with van der Waals surface area (Å²) < 4.78 is 39.3. The summed E-state index contributed by atoms with van der Waals surface area (Å²) in [5.41, 5.74) is 2.58. The summed E-state index contributed by atoms with van der Waals surface area (Å²) in [6, 6.07) is 10.8. The lowest BCUT2D eigenvalue weighted by Crippen LogP contribution is -2.38. The first kappa shape index (κ1) is 19.5. The van der Waals surface area contributed by atoms with Crippen LogP contribution in [0.15, 0.2) is 52.5 Å². The molecule has 152 valence electrons. The van der Waals surface area contributed by atoms with Gasteiger partial charge in [-0.1, -0.05) is 17.3 Å². The molecule has 0 bridgehead atoms. The van der Waals surface area contributed by atoms with E-state index in [1.165, 1.54) is 32.3 Å². The Morgan fingerprint density at radius 2 is 2.03 bits per heavy atom. The second kappa shape index (κ2) is 7.23. The first-order chi connectivity index (χ1) is 13.8. The van der Waals surface area contributed by atoms with Crippen LogP contribution in [-0.2, 0) is 26.1 Å². The molecule has 2 aromatic rings. The summed E-state index contributed by atoms with van der Waals surface area (Å²) >= 11 is 0. The number of fused-ring (bicyclic) bond motifs is 1. The van der Waals surface area contributed by atoms with Crippen molar-refractivity contribution in [3.8, 4) is 0 Å². The first-order valence-electron chi connectivity index (χ1n) is 9.13. The van der Waals surface area contributed by atoms with Crippen molar-refractivity contribution in [2.75, 3.05) is 25.5 Å². The van der Waals surface area contributed by atoms with Crippen molar-refractivity contribution in [3.05, 3.63) is 59.4 Å². The molecule has 0 aliphatic carbocycles.